The Morgan fingerprint density at radius 3 is 2.28 bits per heavy atom. The van der Waals surface area contributed by atoms with Crippen molar-refractivity contribution in [2.24, 2.45) is 0 Å². The standard InChI is InChI=1S/C15H24ClNO/c1-12(2)17(13(3)4)10-7-11-18-15-9-6-5-8-14(15)16/h5-6,8-9,12-13H,7,10-11H2,1-4H3. The lowest BCUT2D eigenvalue weighted by Crippen LogP contribution is -2.38. The Hall–Kier alpha value is -0.730. The Bertz CT molecular complexity index is 344. The summed E-state index contributed by atoms with van der Waals surface area (Å²) in [5.41, 5.74) is 0. The van der Waals surface area contributed by atoms with Gasteiger partial charge in [-0.2, -0.15) is 0 Å². The van der Waals surface area contributed by atoms with Gasteiger partial charge in [0.2, 0.25) is 0 Å². The second kappa shape index (κ2) is 7.65. The van der Waals surface area contributed by atoms with Crippen LogP contribution in [0.1, 0.15) is 34.1 Å². The van der Waals surface area contributed by atoms with Crippen molar-refractivity contribution in [3.63, 3.8) is 0 Å². The lowest BCUT2D eigenvalue weighted by atomic mass is 10.2. The summed E-state index contributed by atoms with van der Waals surface area (Å²) < 4.78 is 5.69. The molecule has 102 valence electrons. The Kier molecular flexibility index (Phi) is 6.51. The lowest BCUT2D eigenvalue weighted by molar-refractivity contribution is 0.160. The summed E-state index contributed by atoms with van der Waals surface area (Å²) in [5.74, 6) is 0.778. The summed E-state index contributed by atoms with van der Waals surface area (Å²) >= 11 is 6.03. The second-order valence-corrected chi connectivity index (χ2v) is 5.46. The van der Waals surface area contributed by atoms with Gasteiger partial charge in [-0.15, -0.1) is 0 Å². The Morgan fingerprint density at radius 1 is 1.11 bits per heavy atom. The van der Waals surface area contributed by atoms with Crippen LogP contribution >= 0.6 is 11.6 Å². The fourth-order valence-electron chi connectivity index (χ4n) is 2.10. The maximum Gasteiger partial charge on any atom is 0.137 e. The van der Waals surface area contributed by atoms with Crippen molar-refractivity contribution < 1.29 is 4.74 Å². The van der Waals surface area contributed by atoms with Gasteiger partial charge in [-0.1, -0.05) is 23.7 Å². The van der Waals surface area contributed by atoms with E-state index in [2.05, 4.69) is 32.6 Å². The minimum Gasteiger partial charge on any atom is -0.492 e. The van der Waals surface area contributed by atoms with Gasteiger partial charge in [0.25, 0.3) is 0 Å². The monoisotopic (exact) mass is 269 g/mol. The first-order valence-corrected chi connectivity index (χ1v) is 7.03. The Labute approximate surface area is 116 Å². The molecule has 0 bridgehead atoms. The molecule has 0 aromatic heterocycles. The third-order valence-corrected chi connectivity index (χ3v) is 3.29. The lowest BCUT2D eigenvalue weighted by Gasteiger charge is -2.30. The smallest absolute Gasteiger partial charge is 0.137 e. The SMILES string of the molecule is CC(C)N(CCCOc1ccccc1Cl)C(C)C. The topological polar surface area (TPSA) is 12.5 Å². The van der Waals surface area contributed by atoms with Crippen LogP contribution in [0.25, 0.3) is 0 Å². The fourth-order valence-corrected chi connectivity index (χ4v) is 2.29. The molecule has 0 atom stereocenters. The first-order valence-electron chi connectivity index (χ1n) is 6.65. The first-order chi connectivity index (χ1) is 8.52. The molecule has 0 aliphatic rings. The molecule has 1 aromatic carbocycles. The molecule has 0 spiro atoms. The third-order valence-electron chi connectivity index (χ3n) is 2.98. The van der Waals surface area contributed by atoms with Crippen LogP contribution in [0.5, 0.6) is 5.75 Å². The maximum atomic E-state index is 6.03. The highest BCUT2D eigenvalue weighted by Gasteiger charge is 2.12. The van der Waals surface area contributed by atoms with E-state index in [9.17, 15) is 0 Å². The molecule has 0 unspecified atom stereocenters. The summed E-state index contributed by atoms with van der Waals surface area (Å²) in [5, 5.41) is 0.682. The van der Waals surface area contributed by atoms with Crippen LogP contribution in [-0.2, 0) is 0 Å². The zero-order valence-electron chi connectivity index (χ0n) is 11.8. The van der Waals surface area contributed by atoms with E-state index in [4.69, 9.17) is 16.3 Å². The molecule has 0 saturated heterocycles. The number of hydrogen-bond acceptors (Lipinski definition) is 2. The van der Waals surface area contributed by atoms with Crippen LogP contribution in [0.4, 0.5) is 0 Å². The van der Waals surface area contributed by atoms with E-state index in [0.717, 1.165) is 18.7 Å². The van der Waals surface area contributed by atoms with Crippen LogP contribution in [0.2, 0.25) is 5.02 Å². The predicted octanol–water partition coefficient (Wildman–Crippen LogP) is 4.23. The van der Waals surface area contributed by atoms with Crippen molar-refractivity contribution in [2.75, 3.05) is 13.2 Å². The molecular weight excluding hydrogens is 246 g/mol. The number of para-hydroxylation sites is 1. The van der Waals surface area contributed by atoms with Gasteiger partial charge in [-0.05, 0) is 46.2 Å². The number of nitrogens with zero attached hydrogens (tertiary/aromatic N) is 1. The van der Waals surface area contributed by atoms with Gasteiger partial charge in [0, 0.05) is 18.6 Å². The first kappa shape index (κ1) is 15.3. The molecule has 0 radical (unpaired) electrons. The van der Waals surface area contributed by atoms with Gasteiger partial charge < -0.3 is 4.74 Å². The quantitative estimate of drug-likeness (QED) is 0.687. The summed E-state index contributed by atoms with van der Waals surface area (Å²) in [6.07, 6.45) is 1.02. The summed E-state index contributed by atoms with van der Waals surface area (Å²) in [6.45, 7) is 10.7. The molecule has 0 aliphatic carbocycles. The number of hydrogen-bond donors (Lipinski definition) is 0. The zero-order chi connectivity index (χ0) is 13.5. The van der Waals surface area contributed by atoms with Crippen LogP contribution in [-0.4, -0.2) is 30.1 Å². The van der Waals surface area contributed by atoms with Gasteiger partial charge in [0.1, 0.15) is 5.75 Å². The molecule has 18 heavy (non-hydrogen) atoms. The number of benzene rings is 1. The van der Waals surface area contributed by atoms with E-state index in [1.54, 1.807) is 0 Å². The van der Waals surface area contributed by atoms with E-state index in [-0.39, 0.29) is 0 Å². The molecule has 0 aliphatic heterocycles. The summed E-state index contributed by atoms with van der Waals surface area (Å²) in [4.78, 5) is 2.47. The second-order valence-electron chi connectivity index (χ2n) is 5.06. The van der Waals surface area contributed by atoms with Gasteiger partial charge in [-0.25, -0.2) is 0 Å². The average molecular weight is 270 g/mol. The minimum atomic E-state index is 0.574. The van der Waals surface area contributed by atoms with Crippen LogP contribution in [0.15, 0.2) is 24.3 Å². The third kappa shape index (κ3) is 4.87. The Balaban J connectivity index is 2.32. The summed E-state index contributed by atoms with van der Waals surface area (Å²) in [6, 6.07) is 8.76. The molecule has 0 heterocycles. The van der Waals surface area contributed by atoms with Gasteiger partial charge in [-0.3, -0.25) is 4.90 Å². The largest absolute Gasteiger partial charge is 0.492 e. The molecule has 3 heteroatoms. The van der Waals surface area contributed by atoms with Crippen LogP contribution in [0, 0.1) is 0 Å². The zero-order valence-corrected chi connectivity index (χ0v) is 12.6. The number of rotatable bonds is 7. The fraction of sp³-hybridized carbons (Fsp3) is 0.600. The molecule has 2 nitrogen and oxygen atoms in total. The van der Waals surface area contributed by atoms with Crippen molar-refractivity contribution in [2.45, 2.75) is 46.2 Å². The van der Waals surface area contributed by atoms with Crippen molar-refractivity contribution in [3.8, 4) is 5.75 Å². The highest BCUT2D eigenvalue weighted by atomic mass is 35.5. The van der Waals surface area contributed by atoms with Crippen LogP contribution < -0.4 is 4.74 Å². The van der Waals surface area contributed by atoms with E-state index < -0.39 is 0 Å². The molecule has 0 fully saturated rings. The van der Waals surface area contributed by atoms with E-state index >= 15 is 0 Å². The van der Waals surface area contributed by atoms with Crippen molar-refractivity contribution >= 4 is 11.6 Å². The van der Waals surface area contributed by atoms with Crippen molar-refractivity contribution in [1.82, 2.24) is 4.90 Å². The van der Waals surface area contributed by atoms with E-state index in [0.29, 0.717) is 23.7 Å². The molecule has 1 rings (SSSR count). The molecular formula is C15H24ClNO. The maximum absolute atomic E-state index is 6.03. The Morgan fingerprint density at radius 2 is 1.72 bits per heavy atom. The molecule has 0 N–H and O–H groups in total. The number of halogens is 1. The molecule has 0 amide bonds. The van der Waals surface area contributed by atoms with Crippen molar-refractivity contribution in [3.05, 3.63) is 29.3 Å². The summed E-state index contributed by atoms with van der Waals surface area (Å²) in [7, 11) is 0. The van der Waals surface area contributed by atoms with Gasteiger partial charge in [0.15, 0.2) is 0 Å². The van der Waals surface area contributed by atoms with E-state index in [1.807, 2.05) is 24.3 Å². The van der Waals surface area contributed by atoms with Crippen molar-refractivity contribution in [1.29, 1.82) is 0 Å². The number of ether oxygens (including phenoxy) is 1. The van der Waals surface area contributed by atoms with Gasteiger partial charge in [0.05, 0.1) is 11.6 Å². The van der Waals surface area contributed by atoms with Crippen LogP contribution in [0.3, 0.4) is 0 Å². The highest BCUT2D eigenvalue weighted by Crippen LogP contribution is 2.23. The highest BCUT2D eigenvalue weighted by molar-refractivity contribution is 6.32. The minimum absolute atomic E-state index is 0.574. The molecule has 1 aromatic rings. The molecule has 0 saturated carbocycles. The average Bonchev–Trinajstić information content (AvgIpc) is 2.30. The van der Waals surface area contributed by atoms with E-state index in [1.165, 1.54) is 0 Å². The van der Waals surface area contributed by atoms with Gasteiger partial charge >= 0.3 is 0 Å². The normalized spacial score (nSPS) is 11.6. The predicted molar refractivity (Wildman–Crippen MR) is 78.5 cm³/mol.